The Kier molecular flexibility index (Phi) is 8.86. The number of anilines is 2. The second kappa shape index (κ2) is 12.0. The standard InChI is InChI=1S/C24H26ClN3O6/c1-15(29)34-21-12-16-19(13-20(21)31-2)26-14-27-24(16)28-18-9-7-8-17(25)23(18)33-11-6-4-5-10-22(30)32-3/h7-9,12-14H,4-6,10-11H2,1-3H3,(H,26,27,28). The Bertz CT molecular complexity index is 1170. The lowest BCUT2D eigenvalue weighted by atomic mass is 10.2. The molecule has 0 aliphatic carbocycles. The van der Waals surface area contributed by atoms with Crippen LogP contribution in [-0.2, 0) is 14.3 Å². The largest absolute Gasteiger partial charge is 0.493 e. The molecule has 1 heterocycles. The monoisotopic (exact) mass is 487 g/mol. The SMILES string of the molecule is COC(=O)CCCCCOc1c(Cl)cccc1Nc1ncnc2cc(OC)c(OC(C)=O)cc12. The van der Waals surface area contributed by atoms with Gasteiger partial charge in [-0.2, -0.15) is 0 Å². The van der Waals surface area contributed by atoms with E-state index in [2.05, 4.69) is 20.0 Å². The molecule has 0 unspecified atom stereocenters. The molecule has 9 nitrogen and oxygen atoms in total. The van der Waals surface area contributed by atoms with Gasteiger partial charge in [-0.25, -0.2) is 9.97 Å². The molecule has 0 saturated carbocycles. The minimum atomic E-state index is -0.471. The zero-order chi connectivity index (χ0) is 24.5. The maximum Gasteiger partial charge on any atom is 0.308 e. The number of esters is 2. The summed E-state index contributed by atoms with van der Waals surface area (Å²) in [4.78, 5) is 31.4. The van der Waals surface area contributed by atoms with Gasteiger partial charge in [0.2, 0.25) is 0 Å². The molecule has 0 aliphatic heterocycles. The third-order valence-corrected chi connectivity index (χ3v) is 5.19. The first-order valence-corrected chi connectivity index (χ1v) is 11.1. The van der Waals surface area contributed by atoms with E-state index in [4.69, 9.17) is 25.8 Å². The molecule has 0 atom stereocenters. The van der Waals surface area contributed by atoms with Gasteiger partial charge in [-0.3, -0.25) is 9.59 Å². The van der Waals surface area contributed by atoms with Crippen molar-refractivity contribution in [3.63, 3.8) is 0 Å². The molecule has 0 radical (unpaired) electrons. The number of halogens is 1. The fourth-order valence-corrected chi connectivity index (χ4v) is 3.49. The van der Waals surface area contributed by atoms with E-state index in [9.17, 15) is 9.59 Å². The number of fused-ring (bicyclic) bond motifs is 1. The highest BCUT2D eigenvalue weighted by Gasteiger charge is 2.15. The molecule has 0 amide bonds. The van der Waals surface area contributed by atoms with Crippen LogP contribution in [0.3, 0.4) is 0 Å². The smallest absolute Gasteiger partial charge is 0.308 e. The Morgan fingerprint density at radius 1 is 1.06 bits per heavy atom. The average Bonchev–Trinajstić information content (AvgIpc) is 2.82. The first-order chi connectivity index (χ1) is 16.4. The lowest BCUT2D eigenvalue weighted by molar-refractivity contribution is -0.140. The number of rotatable bonds is 11. The number of ether oxygens (including phenoxy) is 4. The Labute approximate surface area is 202 Å². The molecule has 1 aromatic heterocycles. The molecule has 34 heavy (non-hydrogen) atoms. The third-order valence-electron chi connectivity index (χ3n) is 4.89. The minimum Gasteiger partial charge on any atom is -0.493 e. The van der Waals surface area contributed by atoms with Crippen LogP contribution in [0.5, 0.6) is 17.2 Å². The van der Waals surface area contributed by atoms with Crippen LogP contribution in [0.15, 0.2) is 36.7 Å². The molecule has 3 aromatic rings. The summed E-state index contributed by atoms with van der Waals surface area (Å²) >= 11 is 6.40. The summed E-state index contributed by atoms with van der Waals surface area (Å²) in [5.41, 5.74) is 1.22. The molecular formula is C24H26ClN3O6. The number of benzene rings is 2. The van der Waals surface area contributed by atoms with Crippen LogP contribution in [0.4, 0.5) is 11.5 Å². The number of nitrogens with zero attached hydrogens (tertiary/aromatic N) is 2. The number of nitrogens with one attached hydrogen (secondary N) is 1. The lowest BCUT2D eigenvalue weighted by Crippen LogP contribution is -2.05. The molecule has 0 aliphatic rings. The zero-order valence-corrected chi connectivity index (χ0v) is 20.0. The van der Waals surface area contributed by atoms with Gasteiger partial charge in [-0.1, -0.05) is 17.7 Å². The van der Waals surface area contributed by atoms with Crippen LogP contribution < -0.4 is 19.5 Å². The maximum absolute atomic E-state index is 11.5. The van der Waals surface area contributed by atoms with E-state index in [-0.39, 0.29) is 11.7 Å². The Morgan fingerprint density at radius 3 is 2.62 bits per heavy atom. The van der Waals surface area contributed by atoms with Crippen molar-refractivity contribution in [3.05, 3.63) is 41.7 Å². The summed E-state index contributed by atoms with van der Waals surface area (Å²) in [6, 6.07) is 8.67. The molecule has 0 fully saturated rings. The molecule has 10 heteroatoms. The Morgan fingerprint density at radius 2 is 1.88 bits per heavy atom. The molecule has 3 rings (SSSR count). The summed E-state index contributed by atoms with van der Waals surface area (Å²) in [5.74, 6) is 0.913. The average molecular weight is 488 g/mol. The second-order valence-corrected chi connectivity index (χ2v) is 7.72. The molecular weight excluding hydrogens is 462 g/mol. The van der Waals surface area contributed by atoms with E-state index in [0.29, 0.717) is 52.0 Å². The van der Waals surface area contributed by atoms with E-state index in [1.807, 2.05) is 6.07 Å². The Hall–Kier alpha value is -3.59. The van der Waals surface area contributed by atoms with Crippen LogP contribution >= 0.6 is 11.6 Å². The molecule has 0 bridgehead atoms. The van der Waals surface area contributed by atoms with Gasteiger partial charge >= 0.3 is 11.9 Å². The first kappa shape index (κ1) is 25.0. The summed E-state index contributed by atoms with van der Waals surface area (Å²) in [7, 11) is 2.87. The predicted molar refractivity (Wildman–Crippen MR) is 128 cm³/mol. The molecule has 1 N–H and O–H groups in total. The van der Waals surface area contributed by atoms with Crippen LogP contribution in [0, 0.1) is 0 Å². The van der Waals surface area contributed by atoms with Gasteiger partial charge in [0.25, 0.3) is 0 Å². The fourth-order valence-electron chi connectivity index (χ4n) is 3.26. The van der Waals surface area contributed by atoms with E-state index < -0.39 is 5.97 Å². The predicted octanol–water partition coefficient (Wildman–Crippen LogP) is 5.07. The van der Waals surface area contributed by atoms with Gasteiger partial charge in [-0.15, -0.1) is 0 Å². The number of carbonyl (C=O) groups is 2. The lowest BCUT2D eigenvalue weighted by Gasteiger charge is -2.16. The van der Waals surface area contributed by atoms with Crippen molar-refractivity contribution in [1.29, 1.82) is 0 Å². The number of para-hydroxylation sites is 1. The van der Waals surface area contributed by atoms with Crippen molar-refractivity contribution in [3.8, 4) is 17.2 Å². The number of methoxy groups -OCH3 is 2. The van der Waals surface area contributed by atoms with E-state index in [0.717, 1.165) is 19.3 Å². The molecule has 2 aromatic carbocycles. The third kappa shape index (κ3) is 6.48. The zero-order valence-electron chi connectivity index (χ0n) is 19.2. The van der Waals surface area contributed by atoms with Crippen LogP contribution in [0.2, 0.25) is 5.02 Å². The number of carbonyl (C=O) groups excluding carboxylic acids is 2. The van der Waals surface area contributed by atoms with Crippen molar-refractivity contribution in [2.75, 3.05) is 26.1 Å². The minimum absolute atomic E-state index is 0.218. The van der Waals surface area contributed by atoms with Gasteiger partial charge in [0, 0.05) is 24.8 Å². The van der Waals surface area contributed by atoms with Crippen molar-refractivity contribution >= 4 is 45.9 Å². The first-order valence-electron chi connectivity index (χ1n) is 10.7. The highest BCUT2D eigenvalue weighted by Crippen LogP contribution is 2.38. The van der Waals surface area contributed by atoms with Gasteiger partial charge in [-0.05, 0) is 37.5 Å². The van der Waals surface area contributed by atoms with Crippen LogP contribution in [-0.4, -0.2) is 42.7 Å². The van der Waals surface area contributed by atoms with E-state index in [1.165, 1.54) is 27.5 Å². The Balaban J connectivity index is 1.80. The number of hydrogen-bond donors (Lipinski definition) is 1. The van der Waals surface area contributed by atoms with Crippen molar-refractivity contribution in [1.82, 2.24) is 9.97 Å². The molecule has 180 valence electrons. The topological polar surface area (TPSA) is 109 Å². The quantitative estimate of drug-likeness (QED) is 0.225. The highest BCUT2D eigenvalue weighted by molar-refractivity contribution is 6.32. The number of aromatic nitrogens is 2. The van der Waals surface area contributed by atoms with Crippen molar-refractivity contribution in [2.24, 2.45) is 0 Å². The van der Waals surface area contributed by atoms with E-state index in [1.54, 1.807) is 24.3 Å². The summed E-state index contributed by atoms with van der Waals surface area (Å²) in [6.45, 7) is 1.74. The fraction of sp³-hybridized carbons (Fsp3) is 0.333. The normalized spacial score (nSPS) is 10.6. The van der Waals surface area contributed by atoms with Gasteiger partial charge < -0.3 is 24.3 Å². The maximum atomic E-state index is 11.5. The summed E-state index contributed by atoms with van der Waals surface area (Å²) in [6.07, 6.45) is 4.10. The van der Waals surface area contributed by atoms with E-state index >= 15 is 0 Å². The van der Waals surface area contributed by atoms with Crippen molar-refractivity contribution in [2.45, 2.75) is 32.6 Å². The van der Waals surface area contributed by atoms with Crippen LogP contribution in [0.25, 0.3) is 10.9 Å². The summed E-state index contributed by atoms with van der Waals surface area (Å²) < 4.78 is 21.2. The second-order valence-electron chi connectivity index (χ2n) is 7.31. The molecule has 0 saturated heterocycles. The van der Waals surface area contributed by atoms with Crippen LogP contribution in [0.1, 0.15) is 32.6 Å². The number of hydrogen-bond acceptors (Lipinski definition) is 9. The number of unbranched alkanes of at least 4 members (excludes halogenated alkanes) is 2. The van der Waals surface area contributed by atoms with Gasteiger partial charge in [0.1, 0.15) is 12.1 Å². The van der Waals surface area contributed by atoms with Crippen molar-refractivity contribution < 1.29 is 28.5 Å². The van der Waals surface area contributed by atoms with Gasteiger partial charge in [0.15, 0.2) is 17.2 Å². The van der Waals surface area contributed by atoms with Gasteiger partial charge in [0.05, 0.1) is 37.1 Å². The molecule has 0 spiro atoms. The highest BCUT2D eigenvalue weighted by atomic mass is 35.5. The summed E-state index contributed by atoms with van der Waals surface area (Å²) in [5, 5.41) is 4.31.